The Morgan fingerprint density at radius 2 is 0.735 bits per heavy atom. The Bertz CT molecular complexity index is 456. The average molecular weight is 479 g/mol. The van der Waals surface area contributed by atoms with Crippen molar-refractivity contribution < 1.29 is 9.59 Å². The molecule has 0 rings (SSSR count). The molecule has 0 unspecified atom stereocenters. The molecule has 0 fully saturated rings. The number of hydrogen-bond donors (Lipinski definition) is 2. The van der Waals surface area contributed by atoms with Crippen LogP contribution in [0.2, 0.25) is 0 Å². The third-order valence-electron chi connectivity index (χ3n) is 6.40. The molecular formula is C30H58N2O2. The van der Waals surface area contributed by atoms with Crippen LogP contribution in [0.5, 0.6) is 0 Å². The normalized spacial score (nSPS) is 11.6. The molecule has 0 aromatic heterocycles. The third kappa shape index (κ3) is 26.9. The van der Waals surface area contributed by atoms with Crippen LogP contribution >= 0.6 is 0 Å². The van der Waals surface area contributed by atoms with Crippen molar-refractivity contribution in [2.24, 2.45) is 11.8 Å². The molecular weight excluding hydrogens is 420 g/mol. The summed E-state index contributed by atoms with van der Waals surface area (Å²) in [7, 11) is 0. The first-order valence-corrected chi connectivity index (χ1v) is 14.7. The van der Waals surface area contributed by atoms with Gasteiger partial charge < -0.3 is 10.6 Å². The second-order valence-corrected chi connectivity index (χ2v) is 10.9. The van der Waals surface area contributed by atoms with Gasteiger partial charge in [-0.2, -0.15) is 0 Å². The van der Waals surface area contributed by atoms with Gasteiger partial charge in [0, 0.05) is 25.2 Å². The van der Waals surface area contributed by atoms with Crippen LogP contribution in [-0.4, -0.2) is 24.9 Å². The molecule has 2 N–H and O–H groups in total. The van der Waals surface area contributed by atoms with E-state index in [4.69, 9.17) is 0 Å². The lowest BCUT2D eigenvalue weighted by Crippen LogP contribution is -2.25. The number of unbranched alkanes of at least 4 members (excludes halogenated alkanes) is 14. The lowest BCUT2D eigenvalue weighted by Gasteiger charge is -2.05. The van der Waals surface area contributed by atoms with E-state index in [0.717, 1.165) is 37.5 Å². The first-order chi connectivity index (χ1) is 16.4. The number of carbonyl (C=O) groups excluding carboxylic acids is 2. The van der Waals surface area contributed by atoms with Gasteiger partial charge in [0.05, 0.1) is 0 Å². The minimum atomic E-state index is -0.173. The Balaban J connectivity index is 3.41. The molecule has 0 radical (unpaired) electrons. The summed E-state index contributed by atoms with van der Waals surface area (Å²) in [4.78, 5) is 23.7. The Kier molecular flexibility index (Phi) is 23.8. The Morgan fingerprint density at radius 1 is 0.471 bits per heavy atom. The molecule has 200 valence electrons. The topological polar surface area (TPSA) is 58.2 Å². The standard InChI is InChI=1S/C30H58N2O2/c1-27(2)21-17-13-9-5-7-11-15-19-25-31-29(33)23-24-30(34)32-26-20-16-12-8-6-10-14-18-22-28(3)4/h23-24,27-28H,5-22,25-26H2,1-4H3,(H,31,33)(H,32,34)/b24-23-. The van der Waals surface area contributed by atoms with E-state index in [1.165, 1.54) is 102 Å². The summed E-state index contributed by atoms with van der Waals surface area (Å²) in [6, 6.07) is 0. The molecule has 0 heterocycles. The van der Waals surface area contributed by atoms with Gasteiger partial charge in [0.2, 0.25) is 11.8 Å². The Hall–Kier alpha value is -1.32. The first kappa shape index (κ1) is 32.7. The number of amides is 2. The van der Waals surface area contributed by atoms with E-state index in [2.05, 4.69) is 38.3 Å². The summed E-state index contributed by atoms with van der Waals surface area (Å²) in [6.07, 6.45) is 25.7. The lowest BCUT2D eigenvalue weighted by atomic mass is 10.0. The Morgan fingerprint density at radius 3 is 1.03 bits per heavy atom. The Labute approximate surface area is 212 Å². The van der Waals surface area contributed by atoms with Crippen molar-refractivity contribution in [3.8, 4) is 0 Å². The zero-order valence-electron chi connectivity index (χ0n) is 23.3. The highest BCUT2D eigenvalue weighted by Gasteiger charge is 2.00. The average Bonchev–Trinajstić information content (AvgIpc) is 2.79. The summed E-state index contributed by atoms with van der Waals surface area (Å²) in [6.45, 7) is 10.6. The molecule has 4 heteroatoms. The predicted molar refractivity (Wildman–Crippen MR) is 148 cm³/mol. The van der Waals surface area contributed by atoms with E-state index in [-0.39, 0.29) is 11.8 Å². The maximum absolute atomic E-state index is 11.8. The molecule has 0 bridgehead atoms. The first-order valence-electron chi connectivity index (χ1n) is 14.7. The molecule has 0 saturated heterocycles. The molecule has 0 spiro atoms. The van der Waals surface area contributed by atoms with Crippen LogP contribution in [0.1, 0.15) is 143 Å². The summed E-state index contributed by atoms with van der Waals surface area (Å²) >= 11 is 0. The van der Waals surface area contributed by atoms with Gasteiger partial charge in [0.1, 0.15) is 0 Å². The zero-order valence-corrected chi connectivity index (χ0v) is 23.3. The van der Waals surface area contributed by atoms with Crippen molar-refractivity contribution >= 4 is 11.8 Å². The number of hydrogen-bond acceptors (Lipinski definition) is 2. The van der Waals surface area contributed by atoms with E-state index in [0.29, 0.717) is 13.1 Å². The number of nitrogens with one attached hydrogen (secondary N) is 2. The summed E-state index contributed by atoms with van der Waals surface area (Å²) in [5.74, 6) is 1.32. The maximum atomic E-state index is 11.8. The molecule has 4 nitrogen and oxygen atoms in total. The number of rotatable bonds is 24. The van der Waals surface area contributed by atoms with E-state index >= 15 is 0 Å². The predicted octanol–water partition coefficient (Wildman–Crippen LogP) is 8.11. The highest BCUT2D eigenvalue weighted by Crippen LogP contribution is 2.13. The molecule has 34 heavy (non-hydrogen) atoms. The highest BCUT2D eigenvalue weighted by atomic mass is 16.2. The van der Waals surface area contributed by atoms with Crippen molar-refractivity contribution in [3.63, 3.8) is 0 Å². The van der Waals surface area contributed by atoms with Crippen molar-refractivity contribution in [2.75, 3.05) is 13.1 Å². The maximum Gasteiger partial charge on any atom is 0.244 e. The largest absolute Gasteiger partial charge is 0.353 e. The highest BCUT2D eigenvalue weighted by molar-refractivity contribution is 5.96. The van der Waals surface area contributed by atoms with Gasteiger partial charge in [-0.15, -0.1) is 0 Å². The molecule has 0 aliphatic carbocycles. The summed E-state index contributed by atoms with van der Waals surface area (Å²) < 4.78 is 0. The summed E-state index contributed by atoms with van der Waals surface area (Å²) in [5, 5.41) is 5.75. The van der Waals surface area contributed by atoms with Crippen LogP contribution in [0.25, 0.3) is 0 Å². The van der Waals surface area contributed by atoms with Crippen LogP contribution < -0.4 is 10.6 Å². The number of carbonyl (C=O) groups is 2. The second kappa shape index (κ2) is 24.8. The fourth-order valence-corrected chi connectivity index (χ4v) is 4.17. The zero-order chi connectivity index (χ0) is 25.3. The van der Waals surface area contributed by atoms with Gasteiger partial charge in [-0.1, -0.05) is 130 Å². The third-order valence-corrected chi connectivity index (χ3v) is 6.40. The second-order valence-electron chi connectivity index (χ2n) is 10.9. The van der Waals surface area contributed by atoms with Crippen LogP contribution in [0.3, 0.4) is 0 Å². The van der Waals surface area contributed by atoms with E-state index in [9.17, 15) is 9.59 Å². The van der Waals surface area contributed by atoms with Crippen LogP contribution in [0.4, 0.5) is 0 Å². The van der Waals surface area contributed by atoms with Crippen molar-refractivity contribution in [1.29, 1.82) is 0 Å². The molecule has 2 amide bonds. The van der Waals surface area contributed by atoms with Gasteiger partial charge in [0.25, 0.3) is 0 Å². The summed E-state index contributed by atoms with van der Waals surface area (Å²) in [5.41, 5.74) is 0. The van der Waals surface area contributed by atoms with Gasteiger partial charge >= 0.3 is 0 Å². The SMILES string of the molecule is CC(C)CCCCCCCCCCNC(=O)/C=C\C(=O)NCCCCCCCCCCC(C)C. The van der Waals surface area contributed by atoms with Crippen molar-refractivity contribution in [2.45, 2.75) is 143 Å². The molecule has 0 atom stereocenters. The van der Waals surface area contributed by atoms with Gasteiger partial charge in [0.15, 0.2) is 0 Å². The molecule has 0 aromatic rings. The quantitative estimate of drug-likeness (QED) is 0.109. The van der Waals surface area contributed by atoms with Crippen molar-refractivity contribution in [3.05, 3.63) is 12.2 Å². The molecule has 0 aliphatic rings. The smallest absolute Gasteiger partial charge is 0.244 e. The van der Waals surface area contributed by atoms with Crippen LogP contribution in [-0.2, 0) is 9.59 Å². The van der Waals surface area contributed by atoms with Gasteiger partial charge in [-0.25, -0.2) is 0 Å². The fourth-order valence-electron chi connectivity index (χ4n) is 4.17. The minimum Gasteiger partial charge on any atom is -0.353 e. The van der Waals surface area contributed by atoms with E-state index in [1.807, 2.05) is 0 Å². The van der Waals surface area contributed by atoms with E-state index < -0.39 is 0 Å². The van der Waals surface area contributed by atoms with E-state index in [1.54, 1.807) is 0 Å². The van der Waals surface area contributed by atoms with Gasteiger partial charge in [-0.3, -0.25) is 9.59 Å². The monoisotopic (exact) mass is 478 g/mol. The van der Waals surface area contributed by atoms with Crippen LogP contribution in [0.15, 0.2) is 12.2 Å². The molecule has 0 aliphatic heterocycles. The fraction of sp³-hybridized carbons (Fsp3) is 0.867. The lowest BCUT2D eigenvalue weighted by molar-refractivity contribution is -0.118. The minimum absolute atomic E-state index is 0.173. The van der Waals surface area contributed by atoms with Crippen molar-refractivity contribution in [1.82, 2.24) is 10.6 Å². The molecule has 0 aromatic carbocycles. The van der Waals surface area contributed by atoms with Crippen LogP contribution in [0, 0.1) is 11.8 Å². The van der Waals surface area contributed by atoms with Gasteiger partial charge in [-0.05, 0) is 24.7 Å². The molecule has 0 saturated carbocycles.